The number of carbonyl (C=O) groups is 1. The number of carbonyl (C=O) groups excluding carboxylic acids is 1. The fraction of sp³-hybridized carbons (Fsp3) is 0.156. The van der Waals surface area contributed by atoms with E-state index in [1.165, 1.54) is 24.0 Å². The number of esters is 1. The van der Waals surface area contributed by atoms with Crippen molar-refractivity contribution in [2.45, 2.75) is 25.9 Å². The van der Waals surface area contributed by atoms with E-state index in [0.29, 0.717) is 33.6 Å². The van der Waals surface area contributed by atoms with Crippen LogP contribution < -0.4 is 14.9 Å². The van der Waals surface area contributed by atoms with Gasteiger partial charge >= 0.3 is 5.97 Å². The van der Waals surface area contributed by atoms with Gasteiger partial charge in [-0.15, -0.1) is 0 Å². The molecule has 0 fully saturated rings. The van der Waals surface area contributed by atoms with Crippen molar-refractivity contribution in [3.05, 3.63) is 137 Å². The van der Waals surface area contributed by atoms with E-state index >= 15 is 0 Å². The van der Waals surface area contributed by atoms with E-state index in [1.807, 2.05) is 67.6 Å². The van der Waals surface area contributed by atoms with Gasteiger partial charge in [-0.1, -0.05) is 94.9 Å². The molecular formula is C32H26BrN3O3S. The van der Waals surface area contributed by atoms with Gasteiger partial charge in [-0.2, -0.15) is 0 Å². The van der Waals surface area contributed by atoms with Crippen LogP contribution in [-0.2, 0) is 16.1 Å². The van der Waals surface area contributed by atoms with Crippen LogP contribution in [0.1, 0.15) is 36.1 Å². The third-order valence-corrected chi connectivity index (χ3v) is 8.65. The molecular weight excluding hydrogens is 586 g/mol. The number of benzene rings is 3. The highest BCUT2D eigenvalue weighted by molar-refractivity contribution is 9.10. The number of fused-ring (bicyclic) bond motifs is 2. The maximum absolute atomic E-state index is 14.0. The molecule has 6 rings (SSSR count). The molecule has 6 nitrogen and oxygen atoms in total. The third kappa shape index (κ3) is 4.67. The summed E-state index contributed by atoms with van der Waals surface area (Å²) in [5, 5.41) is 1.06. The molecule has 3 heterocycles. The number of thiazole rings is 1. The second-order valence-electron chi connectivity index (χ2n) is 9.55. The van der Waals surface area contributed by atoms with E-state index in [2.05, 4.69) is 51.0 Å². The Morgan fingerprint density at radius 2 is 1.77 bits per heavy atom. The number of hydrogen-bond acceptors (Lipinski definition) is 5. The van der Waals surface area contributed by atoms with E-state index in [9.17, 15) is 9.59 Å². The Morgan fingerprint density at radius 1 is 1.05 bits per heavy atom. The van der Waals surface area contributed by atoms with Crippen molar-refractivity contribution in [3.63, 3.8) is 0 Å². The highest BCUT2D eigenvalue weighted by Crippen LogP contribution is 2.32. The first-order chi connectivity index (χ1) is 19.5. The van der Waals surface area contributed by atoms with Crippen LogP contribution >= 0.6 is 27.3 Å². The molecule has 1 atom stereocenters. The van der Waals surface area contributed by atoms with Crippen LogP contribution in [0.15, 0.2) is 111 Å². The zero-order valence-electron chi connectivity index (χ0n) is 22.0. The van der Waals surface area contributed by atoms with Crippen LogP contribution in [0.4, 0.5) is 0 Å². The topological polar surface area (TPSA) is 65.6 Å². The number of aromatic nitrogens is 2. The monoisotopic (exact) mass is 611 g/mol. The van der Waals surface area contributed by atoms with Crippen molar-refractivity contribution >= 4 is 50.2 Å². The lowest BCUT2D eigenvalue weighted by Gasteiger charge is -2.25. The maximum atomic E-state index is 14.0. The molecule has 5 aromatic rings. The van der Waals surface area contributed by atoms with E-state index in [-0.39, 0.29) is 5.56 Å². The van der Waals surface area contributed by atoms with Crippen molar-refractivity contribution in [1.29, 1.82) is 0 Å². The van der Waals surface area contributed by atoms with Gasteiger partial charge in [-0.25, -0.2) is 9.79 Å². The van der Waals surface area contributed by atoms with Gasteiger partial charge in [0.1, 0.15) is 0 Å². The molecule has 0 spiro atoms. The van der Waals surface area contributed by atoms with Gasteiger partial charge in [0.25, 0.3) is 5.56 Å². The second-order valence-corrected chi connectivity index (χ2v) is 11.5. The smallest absolute Gasteiger partial charge is 0.338 e. The number of halogens is 1. The molecule has 0 saturated carbocycles. The molecule has 3 aromatic carbocycles. The minimum absolute atomic E-state index is 0.182. The van der Waals surface area contributed by atoms with Gasteiger partial charge in [-0.05, 0) is 41.8 Å². The first-order valence-corrected chi connectivity index (χ1v) is 14.6. The molecule has 2 aromatic heterocycles. The van der Waals surface area contributed by atoms with Crippen LogP contribution in [-0.4, -0.2) is 22.2 Å². The Kier molecular flexibility index (Phi) is 7.12. The Hall–Kier alpha value is -4.01. The summed E-state index contributed by atoms with van der Waals surface area (Å²) >= 11 is 4.85. The lowest BCUT2D eigenvalue weighted by atomic mass is 9.95. The molecule has 0 N–H and O–H groups in total. The molecule has 0 aliphatic carbocycles. The Labute approximate surface area is 243 Å². The molecule has 1 aliphatic heterocycles. The fourth-order valence-electron chi connectivity index (χ4n) is 5.26. The highest BCUT2D eigenvalue weighted by Gasteiger charge is 2.33. The molecule has 0 amide bonds. The first kappa shape index (κ1) is 26.2. The van der Waals surface area contributed by atoms with Gasteiger partial charge in [0.05, 0.1) is 29.0 Å². The molecule has 200 valence electrons. The summed E-state index contributed by atoms with van der Waals surface area (Å²) in [6.07, 6.45) is 4.58. The van der Waals surface area contributed by atoms with Crippen LogP contribution in [0.2, 0.25) is 0 Å². The van der Waals surface area contributed by atoms with E-state index < -0.39 is 12.0 Å². The lowest BCUT2D eigenvalue weighted by molar-refractivity contribution is -0.136. The lowest BCUT2D eigenvalue weighted by Crippen LogP contribution is -2.40. The number of allylic oxidation sites excluding steroid dienone is 1. The molecule has 40 heavy (non-hydrogen) atoms. The summed E-state index contributed by atoms with van der Waals surface area (Å²) in [6.45, 7) is 2.66. The Morgan fingerprint density at radius 3 is 2.50 bits per heavy atom. The molecule has 0 radical (unpaired) electrons. The van der Waals surface area contributed by atoms with Gasteiger partial charge in [0.2, 0.25) is 0 Å². The summed E-state index contributed by atoms with van der Waals surface area (Å²) in [5.41, 5.74) is 4.92. The largest absolute Gasteiger partial charge is 0.466 e. The number of rotatable bonds is 6. The second kappa shape index (κ2) is 10.9. The summed E-state index contributed by atoms with van der Waals surface area (Å²) in [4.78, 5) is 32.4. The van der Waals surface area contributed by atoms with Gasteiger partial charge in [0.15, 0.2) is 4.80 Å². The molecule has 0 unspecified atom stereocenters. The van der Waals surface area contributed by atoms with Crippen LogP contribution in [0, 0.1) is 0 Å². The first-order valence-electron chi connectivity index (χ1n) is 13.0. The maximum Gasteiger partial charge on any atom is 0.338 e. The average Bonchev–Trinajstić information content (AvgIpc) is 3.49. The summed E-state index contributed by atoms with van der Waals surface area (Å²) in [7, 11) is 1.36. The van der Waals surface area contributed by atoms with Crippen LogP contribution in [0.5, 0.6) is 0 Å². The predicted molar refractivity (Wildman–Crippen MR) is 162 cm³/mol. The minimum Gasteiger partial charge on any atom is -0.466 e. The summed E-state index contributed by atoms with van der Waals surface area (Å²) in [6, 6.07) is 25.5. The van der Waals surface area contributed by atoms with E-state index in [1.54, 1.807) is 4.57 Å². The molecule has 8 heteroatoms. The number of hydrogen-bond donors (Lipinski definition) is 0. The summed E-state index contributed by atoms with van der Waals surface area (Å²) in [5.74, 6) is -0.472. The Balaban J connectivity index is 1.53. The molecule has 1 aliphatic rings. The minimum atomic E-state index is -0.610. The van der Waals surface area contributed by atoms with Gasteiger partial charge < -0.3 is 9.30 Å². The van der Waals surface area contributed by atoms with Crippen molar-refractivity contribution in [3.8, 4) is 0 Å². The van der Waals surface area contributed by atoms with Crippen molar-refractivity contribution < 1.29 is 9.53 Å². The summed E-state index contributed by atoms with van der Waals surface area (Å²) < 4.78 is 10.6. The Bertz CT molecular complexity index is 1950. The fourth-order valence-corrected chi connectivity index (χ4v) is 6.54. The predicted octanol–water partition coefficient (Wildman–Crippen LogP) is 5.56. The standard InChI is InChI=1S/C32H26BrN3O3S/c1-3-25-28(31(38)39-2)29(21-9-5-4-6-10-21)36-30(37)27(40-32(36)34-25)17-22-19-35(26-12-8-7-11-24(22)26)18-20-13-15-23(33)16-14-20/h4-17,19,29H,3,18H2,1-2H3/b27-17+/t29-/m0/s1. The highest BCUT2D eigenvalue weighted by atomic mass is 79.9. The normalized spacial score (nSPS) is 15.3. The number of para-hydroxylation sites is 1. The SMILES string of the molecule is CCC1=C(C(=O)OC)[C@H](c2ccccc2)n2c(s/c(=C/c3cn(Cc4ccc(Br)cc4)c4ccccc34)c2=O)=N1. The number of methoxy groups -OCH3 is 1. The van der Waals surface area contributed by atoms with Crippen molar-refractivity contribution in [1.82, 2.24) is 9.13 Å². The van der Waals surface area contributed by atoms with Gasteiger partial charge in [-0.3, -0.25) is 9.36 Å². The quantitative estimate of drug-likeness (QED) is 0.236. The van der Waals surface area contributed by atoms with Crippen molar-refractivity contribution in [2.24, 2.45) is 4.99 Å². The van der Waals surface area contributed by atoms with Crippen LogP contribution in [0.25, 0.3) is 17.0 Å². The van der Waals surface area contributed by atoms with Crippen LogP contribution in [0.3, 0.4) is 0 Å². The number of ether oxygens (including phenoxy) is 1. The average molecular weight is 613 g/mol. The zero-order chi connectivity index (χ0) is 27.8. The zero-order valence-corrected chi connectivity index (χ0v) is 24.4. The van der Waals surface area contributed by atoms with Crippen molar-refractivity contribution in [2.75, 3.05) is 7.11 Å². The third-order valence-electron chi connectivity index (χ3n) is 7.14. The van der Waals surface area contributed by atoms with Gasteiger partial charge in [0, 0.05) is 33.7 Å². The molecule has 0 saturated heterocycles. The van der Waals surface area contributed by atoms with E-state index in [0.717, 1.165) is 26.5 Å². The van der Waals surface area contributed by atoms with E-state index in [4.69, 9.17) is 9.73 Å². The number of nitrogens with zero attached hydrogens (tertiary/aromatic N) is 3. The molecule has 0 bridgehead atoms.